The number of carbonyl (C=O) groups is 1. The predicted molar refractivity (Wildman–Crippen MR) is 88.9 cm³/mol. The van der Waals surface area contributed by atoms with E-state index in [0.717, 1.165) is 51.9 Å². The number of rotatable bonds is 5. The number of likely N-dealkylation sites (tertiary alicyclic amines) is 2. The minimum atomic E-state index is 0.0688. The van der Waals surface area contributed by atoms with E-state index in [-0.39, 0.29) is 5.54 Å². The third kappa shape index (κ3) is 3.72. The molecule has 2 aliphatic heterocycles. The molecule has 1 atom stereocenters. The van der Waals surface area contributed by atoms with Gasteiger partial charge < -0.3 is 9.64 Å². The highest BCUT2D eigenvalue weighted by molar-refractivity contribution is 5.79. The molecule has 5 nitrogen and oxygen atoms in total. The zero-order chi connectivity index (χ0) is 16.1. The van der Waals surface area contributed by atoms with Crippen molar-refractivity contribution in [2.24, 2.45) is 0 Å². The number of pyridine rings is 1. The Balaban J connectivity index is 1.64. The maximum absolute atomic E-state index is 12.3. The van der Waals surface area contributed by atoms with Gasteiger partial charge in [0.2, 0.25) is 5.91 Å². The monoisotopic (exact) mass is 317 g/mol. The van der Waals surface area contributed by atoms with Crippen molar-refractivity contribution in [2.45, 2.75) is 44.2 Å². The molecule has 3 heterocycles. The fourth-order valence-electron chi connectivity index (χ4n) is 4.08. The number of hydrogen-bond donors (Lipinski definition) is 0. The third-order valence-corrected chi connectivity index (χ3v) is 5.34. The number of nitrogens with zero attached hydrogens (tertiary/aromatic N) is 3. The van der Waals surface area contributed by atoms with Crippen molar-refractivity contribution >= 4 is 5.91 Å². The summed E-state index contributed by atoms with van der Waals surface area (Å²) in [5.74, 6) is 0.308. The van der Waals surface area contributed by atoms with Crippen LogP contribution >= 0.6 is 0 Å². The quantitative estimate of drug-likeness (QED) is 0.834. The zero-order valence-electron chi connectivity index (χ0n) is 14.0. The van der Waals surface area contributed by atoms with Gasteiger partial charge in [0.15, 0.2) is 0 Å². The Morgan fingerprint density at radius 2 is 2.22 bits per heavy atom. The van der Waals surface area contributed by atoms with E-state index >= 15 is 0 Å². The van der Waals surface area contributed by atoms with Crippen LogP contribution in [0.5, 0.6) is 0 Å². The summed E-state index contributed by atoms with van der Waals surface area (Å²) in [7, 11) is 1.70. The van der Waals surface area contributed by atoms with Crippen molar-refractivity contribution in [3.63, 3.8) is 0 Å². The van der Waals surface area contributed by atoms with Crippen LogP contribution in [0.15, 0.2) is 24.5 Å². The minimum absolute atomic E-state index is 0.0688. The molecule has 126 valence electrons. The van der Waals surface area contributed by atoms with Crippen LogP contribution in [0.1, 0.15) is 37.7 Å². The average Bonchev–Trinajstić information content (AvgIpc) is 2.74. The standard InChI is InChI=1S/C18H27N3O2/c1-23-13-12-21-17(22)5-7-18(21)6-3-10-20(11-8-18)15-16-4-2-9-19-14-16/h2,4,9,14H,3,5-8,10-13,15H2,1H3. The molecule has 1 spiro atoms. The lowest BCUT2D eigenvalue weighted by Gasteiger charge is -2.38. The Morgan fingerprint density at radius 1 is 1.30 bits per heavy atom. The highest BCUT2D eigenvalue weighted by Crippen LogP contribution is 2.39. The van der Waals surface area contributed by atoms with Crippen LogP contribution in [-0.4, -0.2) is 59.6 Å². The summed E-state index contributed by atoms with van der Waals surface area (Å²) in [4.78, 5) is 21.1. The second-order valence-corrected chi connectivity index (χ2v) is 6.75. The van der Waals surface area contributed by atoms with Gasteiger partial charge in [0, 0.05) is 51.1 Å². The molecule has 23 heavy (non-hydrogen) atoms. The second kappa shape index (κ2) is 7.41. The van der Waals surface area contributed by atoms with Gasteiger partial charge in [0.1, 0.15) is 0 Å². The van der Waals surface area contributed by atoms with Gasteiger partial charge in [-0.1, -0.05) is 6.07 Å². The highest BCUT2D eigenvalue weighted by Gasteiger charge is 2.45. The van der Waals surface area contributed by atoms with Gasteiger partial charge in [0.25, 0.3) is 0 Å². The molecule has 3 rings (SSSR count). The van der Waals surface area contributed by atoms with Gasteiger partial charge in [-0.2, -0.15) is 0 Å². The SMILES string of the molecule is COCCN1C(=O)CCC12CCCN(Cc1cccnc1)CC2. The highest BCUT2D eigenvalue weighted by atomic mass is 16.5. The van der Waals surface area contributed by atoms with E-state index < -0.39 is 0 Å². The lowest BCUT2D eigenvalue weighted by Crippen LogP contribution is -2.47. The van der Waals surface area contributed by atoms with Crippen molar-refractivity contribution in [3.8, 4) is 0 Å². The van der Waals surface area contributed by atoms with E-state index in [9.17, 15) is 4.79 Å². The molecule has 2 aliphatic rings. The fraction of sp³-hybridized carbons (Fsp3) is 0.667. The van der Waals surface area contributed by atoms with E-state index in [1.54, 1.807) is 7.11 Å². The van der Waals surface area contributed by atoms with E-state index in [2.05, 4.69) is 20.9 Å². The van der Waals surface area contributed by atoms with Crippen molar-refractivity contribution in [1.82, 2.24) is 14.8 Å². The van der Waals surface area contributed by atoms with E-state index in [1.807, 2.05) is 18.5 Å². The smallest absolute Gasteiger partial charge is 0.223 e. The van der Waals surface area contributed by atoms with Crippen LogP contribution in [-0.2, 0) is 16.1 Å². The van der Waals surface area contributed by atoms with E-state index in [4.69, 9.17) is 4.74 Å². The summed E-state index contributed by atoms with van der Waals surface area (Å²) in [6, 6.07) is 4.13. The number of hydrogen-bond acceptors (Lipinski definition) is 4. The zero-order valence-corrected chi connectivity index (χ0v) is 14.0. The molecule has 1 aromatic rings. The van der Waals surface area contributed by atoms with Gasteiger partial charge in [-0.3, -0.25) is 14.7 Å². The summed E-state index contributed by atoms with van der Waals surface area (Å²) in [5, 5.41) is 0. The van der Waals surface area contributed by atoms with Gasteiger partial charge in [-0.25, -0.2) is 0 Å². The van der Waals surface area contributed by atoms with Crippen LogP contribution in [0.2, 0.25) is 0 Å². The second-order valence-electron chi connectivity index (χ2n) is 6.75. The summed E-state index contributed by atoms with van der Waals surface area (Å²) in [6.45, 7) is 4.47. The molecule has 5 heteroatoms. The maximum Gasteiger partial charge on any atom is 0.223 e. The largest absolute Gasteiger partial charge is 0.383 e. The first-order valence-electron chi connectivity index (χ1n) is 8.64. The van der Waals surface area contributed by atoms with Crippen LogP contribution in [0.4, 0.5) is 0 Å². The average molecular weight is 317 g/mol. The fourth-order valence-corrected chi connectivity index (χ4v) is 4.08. The van der Waals surface area contributed by atoms with Gasteiger partial charge in [-0.15, -0.1) is 0 Å². The lowest BCUT2D eigenvalue weighted by atomic mass is 9.88. The lowest BCUT2D eigenvalue weighted by molar-refractivity contribution is -0.132. The van der Waals surface area contributed by atoms with Crippen molar-refractivity contribution in [2.75, 3.05) is 33.4 Å². The molecule has 0 radical (unpaired) electrons. The molecule has 0 bridgehead atoms. The Kier molecular flexibility index (Phi) is 5.28. The first-order valence-corrected chi connectivity index (χ1v) is 8.64. The summed E-state index contributed by atoms with van der Waals surface area (Å²) >= 11 is 0. The van der Waals surface area contributed by atoms with E-state index in [0.29, 0.717) is 18.9 Å². The first-order chi connectivity index (χ1) is 11.2. The molecule has 1 amide bonds. The van der Waals surface area contributed by atoms with E-state index in [1.165, 1.54) is 5.56 Å². The molecular formula is C18H27N3O2. The Bertz CT molecular complexity index is 522. The topological polar surface area (TPSA) is 45.7 Å². The molecule has 0 aromatic carbocycles. The number of aromatic nitrogens is 1. The van der Waals surface area contributed by atoms with Gasteiger partial charge in [-0.05, 0) is 43.9 Å². The molecule has 2 saturated heterocycles. The van der Waals surface area contributed by atoms with Crippen LogP contribution < -0.4 is 0 Å². The summed E-state index contributed by atoms with van der Waals surface area (Å²) in [5.41, 5.74) is 1.33. The summed E-state index contributed by atoms with van der Waals surface area (Å²) in [6.07, 6.45) is 8.82. The minimum Gasteiger partial charge on any atom is -0.383 e. The third-order valence-electron chi connectivity index (χ3n) is 5.34. The number of amides is 1. The number of ether oxygens (including phenoxy) is 1. The number of methoxy groups -OCH3 is 1. The normalized spacial score (nSPS) is 26.0. The van der Waals surface area contributed by atoms with Crippen molar-refractivity contribution in [1.29, 1.82) is 0 Å². The van der Waals surface area contributed by atoms with Crippen LogP contribution in [0.3, 0.4) is 0 Å². The first kappa shape index (κ1) is 16.4. The maximum atomic E-state index is 12.3. The van der Waals surface area contributed by atoms with Gasteiger partial charge >= 0.3 is 0 Å². The molecule has 2 fully saturated rings. The molecule has 0 N–H and O–H groups in total. The summed E-state index contributed by atoms with van der Waals surface area (Å²) < 4.78 is 5.21. The van der Waals surface area contributed by atoms with Gasteiger partial charge in [0.05, 0.1) is 6.61 Å². The van der Waals surface area contributed by atoms with Crippen molar-refractivity contribution in [3.05, 3.63) is 30.1 Å². The predicted octanol–water partition coefficient (Wildman–Crippen LogP) is 2.08. The Hall–Kier alpha value is -1.46. The number of carbonyl (C=O) groups excluding carboxylic acids is 1. The Morgan fingerprint density at radius 3 is 3.00 bits per heavy atom. The Labute approximate surface area is 138 Å². The van der Waals surface area contributed by atoms with Crippen LogP contribution in [0, 0.1) is 0 Å². The molecule has 1 unspecified atom stereocenters. The molecular weight excluding hydrogens is 290 g/mol. The molecule has 1 aromatic heterocycles. The molecule has 0 aliphatic carbocycles. The van der Waals surface area contributed by atoms with Crippen LogP contribution in [0.25, 0.3) is 0 Å². The van der Waals surface area contributed by atoms with Crippen molar-refractivity contribution < 1.29 is 9.53 Å². The molecule has 0 saturated carbocycles.